The number of piperidine rings is 1. The number of halogens is 3. The van der Waals surface area contributed by atoms with Crippen molar-refractivity contribution in [3.8, 4) is 0 Å². The highest BCUT2D eigenvalue weighted by molar-refractivity contribution is 6.06. The largest absolute Gasteiger partial charge is 0.416 e. The minimum absolute atomic E-state index is 0.217. The van der Waals surface area contributed by atoms with Crippen molar-refractivity contribution in [3.05, 3.63) is 71.4 Å². The average molecular weight is 567 g/mol. The molecule has 3 aliphatic rings. The Hall–Kier alpha value is -3.50. The van der Waals surface area contributed by atoms with Gasteiger partial charge in [-0.15, -0.1) is 0 Å². The summed E-state index contributed by atoms with van der Waals surface area (Å²) in [5.41, 5.74) is 0.851. The molecule has 1 aromatic heterocycles. The lowest BCUT2D eigenvalue weighted by Crippen LogP contribution is -2.58. The van der Waals surface area contributed by atoms with E-state index in [2.05, 4.69) is 15.2 Å². The van der Waals surface area contributed by atoms with E-state index >= 15 is 0 Å². The molecule has 0 unspecified atom stereocenters. The van der Waals surface area contributed by atoms with Gasteiger partial charge in [-0.05, 0) is 60.7 Å². The summed E-state index contributed by atoms with van der Waals surface area (Å²) in [5, 5.41) is 15.6. The predicted octanol–water partition coefficient (Wildman–Crippen LogP) is 5.74. The van der Waals surface area contributed by atoms with Crippen LogP contribution in [0.2, 0.25) is 0 Å². The quantitative estimate of drug-likeness (QED) is 0.421. The molecule has 1 saturated carbocycles. The van der Waals surface area contributed by atoms with Crippen LogP contribution in [-0.4, -0.2) is 46.6 Å². The van der Waals surface area contributed by atoms with Gasteiger partial charge in [0.25, 0.3) is 0 Å². The number of benzene rings is 2. The van der Waals surface area contributed by atoms with Crippen molar-refractivity contribution in [2.75, 3.05) is 24.5 Å². The molecule has 1 atom stereocenters. The number of imide groups is 1. The molecule has 0 radical (unpaired) electrons. The van der Waals surface area contributed by atoms with E-state index in [1.165, 1.54) is 4.90 Å². The van der Waals surface area contributed by atoms with Gasteiger partial charge in [-0.25, -0.2) is 4.79 Å². The van der Waals surface area contributed by atoms with Crippen LogP contribution in [0.15, 0.2) is 54.7 Å². The normalized spacial score (nSPS) is 23.7. The molecule has 7 nitrogen and oxygen atoms in total. The molecule has 3 fully saturated rings. The number of fused-ring (bicyclic) bond motifs is 1. The van der Waals surface area contributed by atoms with Crippen LogP contribution in [0, 0.1) is 5.41 Å². The molecule has 3 aromatic rings. The Kier molecular flexibility index (Phi) is 7.02. The summed E-state index contributed by atoms with van der Waals surface area (Å²) in [6, 6.07) is 12.6. The number of nitrogens with one attached hydrogen (secondary N) is 1. The zero-order valence-corrected chi connectivity index (χ0v) is 22.7. The number of carbonyl (C=O) groups is 2. The number of aliphatic hydroxyl groups is 1. The fraction of sp³-hybridized carbons (Fsp3) is 0.452. The van der Waals surface area contributed by atoms with E-state index in [9.17, 15) is 27.9 Å². The molecule has 3 amide bonds. The second kappa shape index (κ2) is 10.4. The number of pyridine rings is 1. The molecule has 216 valence electrons. The van der Waals surface area contributed by atoms with Crippen LogP contribution in [0.3, 0.4) is 0 Å². The smallest absolute Gasteiger partial charge is 0.384 e. The number of carbonyl (C=O) groups excluding carboxylic acids is 2. The monoisotopic (exact) mass is 566 g/mol. The van der Waals surface area contributed by atoms with E-state index < -0.39 is 23.4 Å². The molecule has 1 spiro atoms. The van der Waals surface area contributed by atoms with Gasteiger partial charge in [0.1, 0.15) is 0 Å². The molecular weight excluding hydrogens is 533 g/mol. The van der Waals surface area contributed by atoms with Gasteiger partial charge < -0.3 is 5.11 Å². The van der Waals surface area contributed by atoms with Crippen LogP contribution in [-0.2, 0) is 23.1 Å². The Bertz CT molecular complexity index is 1470. The molecule has 0 bridgehead atoms. The lowest BCUT2D eigenvalue weighted by atomic mass is 9.58. The number of alkyl halides is 3. The number of nitrogens with zero attached hydrogens (tertiary/aromatic N) is 3. The van der Waals surface area contributed by atoms with Gasteiger partial charge in [-0.3, -0.25) is 24.9 Å². The standard InChI is InChI=1S/C31H33F3N4O3/c32-31(33,34)23-6-4-21(5-7-23)19-37-15-13-30(41,29(20-37)11-2-1-3-12-29)24-8-9-26-22(16-24)17-25(18-35-26)38-14-10-27(39)36-28(38)40/h4-9,16-18,41H,1-3,10-15,19-20H2,(H,36,39,40)/t30-/m1/s1. The number of hydrogen-bond donors (Lipinski definition) is 2. The maximum atomic E-state index is 13.0. The Labute approximate surface area is 236 Å². The van der Waals surface area contributed by atoms with Crippen molar-refractivity contribution in [2.24, 2.45) is 5.41 Å². The average Bonchev–Trinajstić information content (AvgIpc) is 2.95. The predicted molar refractivity (Wildman–Crippen MR) is 148 cm³/mol. The Morgan fingerprint density at radius 2 is 1.71 bits per heavy atom. The molecule has 10 heteroatoms. The second-order valence-electron chi connectivity index (χ2n) is 11.7. The van der Waals surface area contributed by atoms with Crippen molar-refractivity contribution < 1.29 is 27.9 Å². The minimum atomic E-state index is -4.36. The van der Waals surface area contributed by atoms with Crippen LogP contribution in [0.4, 0.5) is 23.7 Å². The summed E-state index contributed by atoms with van der Waals surface area (Å²) in [6.07, 6.45) is 2.85. The second-order valence-corrected chi connectivity index (χ2v) is 11.7. The van der Waals surface area contributed by atoms with E-state index in [0.29, 0.717) is 31.7 Å². The maximum Gasteiger partial charge on any atom is 0.416 e. The van der Waals surface area contributed by atoms with Crippen molar-refractivity contribution in [2.45, 2.75) is 63.3 Å². The van der Waals surface area contributed by atoms with Crippen molar-refractivity contribution in [3.63, 3.8) is 0 Å². The third-order valence-electron chi connectivity index (χ3n) is 9.20. The molecular formula is C31H33F3N4O3. The molecule has 6 rings (SSSR count). The summed E-state index contributed by atoms with van der Waals surface area (Å²) < 4.78 is 39.1. The zero-order valence-electron chi connectivity index (χ0n) is 22.7. The van der Waals surface area contributed by atoms with Crippen molar-refractivity contribution in [1.82, 2.24) is 15.2 Å². The van der Waals surface area contributed by atoms with Gasteiger partial charge in [-0.2, -0.15) is 13.2 Å². The fourth-order valence-electron chi connectivity index (χ4n) is 7.00. The van der Waals surface area contributed by atoms with E-state index in [0.717, 1.165) is 66.3 Å². The van der Waals surface area contributed by atoms with Crippen molar-refractivity contribution in [1.29, 1.82) is 0 Å². The van der Waals surface area contributed by atoms with E-state index in [4.69, 9.17) is 0 Å². The minimum Gasteiger partial charge on any atom is -0.384 e. The lowest BCUT2D eigenvalue weighted by Gasteiger charge is -2.56. The van der Waals surface area contributed by atoms with Crippen LogP contribution in [0.5, 0.6) is 0 Å². The van der Waals surface area contributed by atoms with Gasteiger partial charge in [0.15, 0.2) is 0 Å². The highest BCUT2D eigenvalue weighted by Crippen LogP contribution is 2.55. The number of amides is 3. The van der Waals surface area contributed by atoms with Gasteiger partial charge >= 0.3 is 12.2 Å². The molecule has 41 heavy (non-hydrogen) atoms. The topological polar surface area (TPSA) is 85.8 Å². The number of urea groups is 1. The van der Waals surface area contributed by atoms with E-state index in [1.807, 2.05) is 24.3 Å². The Balaban J connectivity index is 1.28. The van der Waals surface area contributed by atoms with Gasteiger partial charge in [0.05, 0.1) is 28.6 Å². The first-order valence-electron chi connectivity index (χ1n) is 14.2. The molecule has 3 heterocycles. The SMILES string of the molecule is O=C1CCN(c2cnc3ccc([C@]4(O)CCN(Cc5ccc(C(F)(F)F)cc5)CC45CCCCC5)cc3c2)C(=O)N1. The van der Waals surface area contributed by atoms with E-state index in [1.54, 1.807) is 18.3 Å². The van der Waals surface area contributed by atoms with Crippen LogP contribution in [0.1, 0.15) is 61.6 Å². The Morgan fingerprint density at radius 3 is 2.41 bits per heavy atom. The molecule has 2 saturated heterocycles. The van der Waals surface area contributed by atoms with Gasteiger partial charge in [-0.1, -0.05) is 37.5 Å². The zero-order chi connectivity index (χ0) is 28.8. The maximum absolute atomic E-state index is 13.0. The molecule has 2 N–H and O–H groups in total. The lowest BCUT2D eigenvalue weighted by molar-refractivity contribution is -0.159. The number of hydrogen-bond acceptors (Lipinski definition) is 5. The molecule has 2 aromatic carbocycles. The number of anilines is 1. The van der Waals surface area contributed by atoms with Crippen molar-refractivity contribution >= 4 is 28.5 Å². The third kappa shape index (κ3) is 5.19. The van der Waals surface area contributed by atoms with Gasteiger partial charge in [0.2, 0.25) is 5.91 Å². The number of aromatic nitrogens is 1. The fourth-order valence-corrected chi connectivity index (χ4v) is 7.00. The van der Waals surface area contributed by atoms with Gasteiger partial charge in [0, 0.05) is 43.4 Å². The van der Waals surface area contributed by atoms with Crippen LogP contribution in [0.25, 0.3) is 10.9 Å². The van der Waals surface area contributed by atoms with Crippen LogP contribution >= 0.6 is 0 Å². The highest BCUT2D eigenvalue weighted by Gasteiger charge is 2.54. The third-order valence-corrected chi connectivity index (χ3v) is 9.20. The number of likely N-dealkylation sites (tertiary alicyclic amines) is 1. The summed E-state index contributed by atoms with van der Waals surface area (Å²) in [6.45, 7) is 2.07. The Morgan fingerprint density at radius 1 is 0.951 bits per heavy atom. The molecule has 2 aliphatic heterocycles. The first-order chi connectivity index (χ1) is 19.6. The first kappa shape index (κ1) is 27.7. The first-order valence-corrected chi connectivity index (χ1v) is 14.2. The summed E-state index contributed by atoms with van der Waals surface area (Å²) in [7, 11) is 0. The highest BCUT2D eigenvalue weighted by atomic mass is 19.4. The molecule has 1 aliphatic carbocycles. The number of rotatable bonds is 4. The van der Waals surface area contributed by atoms with E-state index in [-0.39, 0.29) is 24.3 Å². The summed E-state index contributed by atoms with van der Waals surface area (Å²) in [4.78, 5) is 32.3. The van der Waals surface area contributed by atoms with Crippen LogP contribution < -0.4 is 10.2 Å². The summed E-state index contributed by atoms with van der Waals surface area (Å²) in [5.74, 6) is -0.299. The summed E-state index contributed by atoms with van der Waals surface area (Å²) >= 11 is 0.